The molecule has 126 valence electrons. The minimum absolute atomic E-state index is 0.244. The van der Waals surface area contributed by atoms with Crippen molar-refractivity contribution < 1.29 is 9.53 Å². The predicted molar refractivity (Wildman–Crippen MR) is 95.7 cm³/mol. The number of amides is 1. The first-order chi connectivity index (χ1) is 11.8. The molecule has 2 N–H and O–H groups in total. The van der Waals surface area contributed by atoms with E-state index in [1.807, 2.05) is 24.3 Å². The zero-order valence-electron chi connectivity index (χ0n) is 13.9. The molecule has 0 radical (unpaired) electrons. The van der Waals surface area contributed by atoms with Crippen LogP contribution in [0.2, 0.25) is 0 Å². The molecule has 0 unspecified atom stereocenters. The minimum atomic E-state index is -0.244. The fourth-order valence-electron chi connectivity index (χ4n) is 3.06. The van der Waals surface area contributed by atoms with Crippen LogP contribution in [0.1, 0.15) is 42.6 Å². The third kappa shape index (κ3) is 4.04. The minimum Gasteiger partial charge on any atom is -0.495 e. The van der Waals surface area contributed by atoms with Crippen molar-refractivity contribution in [2.75, 3.05) is 17.7 Å². The molecule has 0 saturated heterocycles. The van der Waals surface area contributed by atoms with Gasteiger partial charge in [-0.25, -0.2) is 0 Å². The molecule has 1 aliphatic carbocycles. The summed E-state index contributed by atoms with van der Waals surface area (Å²) in [6.45, 7) is 0. The molecule has 0 bridgehead atoms. The number of benzene rings is 1. The molecule has 1 heterocycles. The number of nitrogens with one attached hydrogen (secondary N) is 2. The van der Waals surface area contributed by atoms with Gasteiger partial charge in [0.05, 0.1) is 12.8 Å². The number of para-hydroxylation sites is 2. The van der Waals surface area contributed by atoms with Crippen LogP contribution in [0.4, 0.5) is 11.4 Å². The number of pyridine rings is 1. The second-order valence-corrected chi connectivity index (χ2v) is 6.06. The predicted octanol–water partition coefficient (Wildman–Crippen LogP) is 4.09. The van der Waals surface area contributed by atoms with Crippen LogP contribution < -0.4 is 15.4 Å². The molecule has 2 aromatic rings. The van der Waals surface area contributed by atoms with Crippen LogP contribution >= 0.6 is 0 Å². The highest BCUT2D eigenvalue weighted by atomic mass is 16.5. The van der Waals surface area contributed by atoms with E-state index in [2.05, 4.69) is 15.6 Å². The number of hydrogen-bond acceptors (Lipinski definition) is 4. The van der Waals surface area contributed by atoms with Crippen LogP contribution in [0.5, 0.6) is 5.75 Å². The molecule has 5 nitrogen and oxygen atoms in total. The molecule has 1 aliphatic rings. The van der Waals surface area contributed by atoms with Crippen molar-refractivity contribution in [1.29, 1.82) is 0 Å². The van der Waals surface area contributed by atoms with Crippen LogP contribution in [-0.4, -0.2) is 24.0 Å². The van der Waals surface area contributed by atoms with Crippen molar-refractivity contribution in [1.82, 2.24) is 4.98 Å². The molecule has 3 rings (SSSR count). The summed E-state index contributed by atoms with van der Waals surface area (Å²) in [5.74, 6) is 0.383. The van der Waals surface area contributed by atoms with Gasteiger partial charge in [-0.15, -0.1) is 0 Å². The Hall–Kier alpha value is -2.56. The van der Waals surface area contributed by atoms with Crippen molar-refractivity contribution in [3.8, 4) is 5.75 Å². The van der Waals surface area contributed by atoms with Gasteiger partial charge in [0.15, 0.2) is 0 Å². The summed E-state index contributed by atoms with van der Waals surface area (Å²) in [6, 6.07) is 11.5. The average molecular weight is 325 g/mol. The molecule has 0 spiro atoms. The number of methoxy groups -OCH3 is 1. The summed E-state index contributed by atoms with van der Waals surface area (Å²) in [5, 5.41) is 6.37. The van der Waals surface area contributed by atoms with E-state index in [1.165, 1.54) is 32.1 Å². The van der Waals surface area contributed by atoms with Gasteiger partial charge in [-0.05, 0) is 37.1 Å². The van der Waals surface area contributed by atoms with E-state index < -0.39 is 0 Å². The highest BCUT2D eigenvalue weighted by Crippen LogP contribution is 2.24. The number of anilines is 2. The topological polar surface area (TPSA) is 63.2 Å². The third-order valence-corrected chi connectivity index (χ3v) is 4.32. The standard InChI is InChI=1S/C19H23N3O2/c1-24-18-10-6-5-9-16(18)22-19(23)17-13-15(11-12-20-17)21-14-7-3-2-4-8-14/h5-6,9-14H,2-4,7-8H2,1H3,(H,20,21)(H,22,23). The van der Waals surface area contributed by atoms with Crippen LogP contribution in [-0.2, 0) is 0 Å². The Morgan fingerprint density at radius 3 is 2.75 bits per heavy atom. The first-order valence-corrected chi connectivity index (χ1v) is 8.43. The van der Waals surface area contributed by atoms with Gasteiger partial charge in [0, 0.05) is 17.9 Å². The number of carbonyl (C=O) groups is 1. The molecule has 1 amide bonds. The van der Waals surface area contributed by atoms with Gasteiger partial charge in [-0.3, -0.25) is 9.78 Å². The van der Waals surface area contributed by atoms with Gasteiger partial charge in [0.2, 0.25) is 0 Å². The number of ether oxygens (including phenoxy) is 1. The quantitative estimate of drug-likeness (QED) is 0.869. The Kier molecular flexibility index (Phi) is 5.31. The smallest absolute Gasteiger partial charge is 0.274 e. The van der Waals surface area contributed by atoms with E-state index in [9.17, 15) is 4.79 Å². The van der Waals surface area contributed by atoms with Gasteiger partial charge in [0.25, 0.3) is 5.91 Å². The average Bonchev–Trinajstić information content (AvgIpc) is 2.63. The lowest BCUT2D eigenvalue weighted by atomic mass is 9.95. The zero-order chi connectivity index (χ0) is 16.8. The van der Waals surface area contributed by atoms with Gasteiger partial charge in [-0.1, -0.05) is 31.4 Å². The Balaban J connectivity index is 1.69. The van der Waals surface area contributed by atoms with Crippen molar-refractivity contribution >= 4 is 17.3 Å². The fourth-order valence-corrected chi connectivity index (χ4v) is 3.06. The summed E-state index contributed by atoms with van der Waals surface area (Å²) in [5.41, 5.74) is 1.97. The molecular formula is C19H23N3O2. The highest BCUT2D eigenvalue weighted by Gasteiger charge is 2.15. The summed E-state index contributed by atoms with van der Waals surface area (Å²) in [4.78, 5) is 16.7. The fraction of sp³-hybridized carbons (Fsp3) is 0.368. The molecule has 5 heteroatoms. The van der Waals surface area contributed by atoms with Gasteiger partial charge >= 0.3 is 0 Å². The first kappa shape index (κ1) is 16.3. The lowest BCUT2D eigenvalue weighted by Crippen LogP contribution is -2.22. The highest BCUT2D eigenvalue weighted by molar-refractivity contribution is 6.04. The number of hydrogen-bond donors (Lipinski definition) is 2. The Morgan fingerprint density at radius 1 is 1.17 bits per heavy atom. The van der Waals surface area contributed by atoms with Crippen molar-refractivity contribution in [2.45, 2.75) is 38.1 Å². The van der Waals surface area contributed by atoms with Gasteiger partial charge < -0.3 is 15.4 Å². The second kappa shape index (κ2) is 7.81. The molecule has 24 heavy (non-hydrogen) atoms. The molecule has 1 saturated carbocycles. The summed E-state index contributed by atoms with van der Waals surface area (Å²) in [7, 11) is 1.58. The van der Waals surface area contributed by atoms with Crippen molar-refractivity contribution in [3.63, 3.8) is 0 Å². The maximum absolute atomic E-state index is 12.5. The van der Waals surface area contributed by atoms with Crippen molar-refractivity contribution in [3.05, 3.63) is 48.3 Å². The van der Waals surface area contributed by atoms with E-state index >= 15 is 0 Å². The monoisotopic (exact) mass is 325 g/mol. The molecule has 1 aromatic heterocycles. The Labute approximate surface area is 142 Å². The molecular weight excluding hydrogens is 302 g/mol. The second-order valence-electron chi connectivity index (χ2n) is 6.06. The van der Waals surface area contributed by atoms with E-state index in [-0.39, 0.29) is 5.91 Å². The van der Waals surface area contributed by atoms with E-state index in [0.717, 1.165) is 5.69 Å². The largest absolute Gasteiger partial charge is 0.495 e. The SMILES string of the molecule is COc1ccccc1NC(=O)c1cc(NC2CCCCC2)ccn1. The lowest BCUT2D eigenvalue weighted by molar-refractivity contribution is 0.102. The first-order valence-electron chi connectivity index (χ1n) is 8.43. The van der Waals surface area contributed by atoms with Crippen molar-refractivity contribution in [2.24, 2.45) is 0 Å². The van der Waals surface area contributed by atoms with E-state index in [1.54, 1.807) is 25.4 Å². The normalized spacial score (nSPS) is 14.9. The summed E-state index contributed by atoms with van der Waals surface area (Å²) in [6.07, 6.45) is 7.90. The third-order valence-electron chi connectivity index (χ3n) is 4.32. The number of rotatable bonds is 5. The molecule has 1 fully saturated rings. The van der Waals surface area contributed by atoms with E-state index in [4.69, 9.17) is 4.74 Å². The molecule has 0 aliphatic heterocycles. The maximum Gasteiger partial charge on any atom is 0.274 e. The zero-order valence-corrected chi connectivity index (χ0v) is 13.9. The summed E-state index contributed by atoms with van der Waals surface area (Å²) >= 11 is 0. The lowest BCUT2D eigenvalue weighted by Gasteiger charge is -2.23. The van der Waals surface area contributed by atoms with E-state index in [0.29, 0.717) is 23.2 Å². The van der Waals surface area contributed by atoms with Crippen LogP contribution in [0.3, 0.4) is 0 Å². The molecule has 1 aromatic carbocycles. The summed E-state index contributed by atoms with van der Waals surface area (Å²) < 4.78 is 5.26. The van der Waals surface area contributed by atoms with Gasteiger partial charge in [-0.2, -0.15) is 0 Å². The van der Waals surface area contributed by atoms with Crippen LogP contribution in [0.25, 0.3) is 0 Å². The van der Waals surface area contributed by atoms with Crippen LogP contribution in [0, 0.1) is 0 Å². The maximum atomic E-state index is 12.5. The number of aromatic nitrogens is 1. The molecule has 0 atom stereocenters. The number of carbonyl (C=O) groups excluding carboxylic acids is 1. The number of nitrogens with zero attached hydrogens (tertiary/aromatic N) is 1. The Morgan fingerprint density at radius 2 is 1.96 bits per heavy atom. The Bertz CT molecular complexity index is 697. The van der Waals surface area contributed by atoms with Crippen LogP contribution in [0.15, 0.2) is 42.6 Å². The van der Waals surface area contributed by atoms with Gasteiger partial charge in [0.1, 0.15) is 11.4 Å².